The summed E-state index contributed by atoms with van der Waals surface area (Å²) in [5, 5.41) is 2.84. The van der Waals surface area contributed by atoms with Gasteiger partial charge in [0.2, 0.25) is 5.95 Å². The van der Waals surface area contributed by atoms with Crippen molar-refractivity contribution in [2.45, 2.75) is 33.2 Å². The van der Waals surface area contributed by atoms with Gasteiger partial charge in [-0.2, -0.15) is 0 Å². The third-order valence-corrected chi connectivity index (χ3v) is 4.65. The largest absolute Gasteiger partial charge is 0.484 e. The number of carbonyl (C=O) groups is 2. The molecule has 7 nitrogen and oxygen atoms in total. The molecular formula is C23H27N3O4. The molecule has 0 bridgehead atoms. The minimum absolute atomic E-state index is 0.0718. The number of Topliss-reactive ketones (excluding diaryl/α,β-unsaturated/α-hetero) is 1. The molecule has 2 aromatic carbocycles. The summed E-state index contributed by atoms with van der Waals surface area (Å²) in [4.78, 5) is 28.7. The monoisotopic (exact) mass is 409 g/mol. The lowest BCUT2D eigenvalue weighted by molar-refractivity contribution is -0.118. The van der Waals surface area contributed by atoms with Crippen LogP contribution in [0.25, 0.3) is 11.0 Å². The molecule has 0 aliphatic heterocycles. The fraction of sp³-hybridized carbons (Fsp3) is 0.348. The number of anilines is 1. The van der Waals surface area contributed by atoms with Crippen LogP contribution >= 0.6 is 0 Å². The topological polar surface area (TPSA) is 82.5 Å². The molecule has 1 amide bonds. The van der Waals surface area contributed by atoms with Crippen molar-refractivity contribution in [3.63, 3.8) is 0 Å². The first-order valence-electron chi connectivity index (χ1n) is 10.2. The molecule has 1 aromatic heterocycles. The Balaban J connectivity index is 1.63. The Morgan fingerprint density at radius 3 is 2.57 bits per heavy atom. The molecule has 0 unspecified atom stereocenters. The maximum atomic E-state index is 12.4. The zero-order valence-electron chi connectivity index (χ0n) is 17.4. The number of hydrogen-bond donors (Lipinski definition) is 1. The van der Waals surface area contributed by atoms with Gasteiger partial charge in [-0.15, -0.1) is 0 Å². The Morgan fingerprint density at radius 1 is 1.07 bits per heavy atom. The van der Waals surface area contributed by atoms with Crippen LogP contribution in [0.15, 0.2) is 48.5 Å². The van der Waals surface area contributed by atoms with Crippen molar-refractivity contribution >= 4 is 28.7 Å². The smallest absolute Gasteiger partial charge is 0.264 e. The van der Waals surface area contributed by atoms with Gasteiger partial charge in [-0.05, 0) is 49.7 Å². The first kappa shape index (κ1) is 21.5. The number of para-hydroxylation sites is 2. The second-order valence-corrected chi connectivity index (χ2v) is 6.76. The number of amides is 1. The Bertz CT molecular complexity index is 995. The molecule has 0 radical (unpaired) electrons. The Kier molecular flexibility index (Phi) is 7.57. The van der Waals surface area contributed by atoms with Crippen LogP contribution in [-0.4, -0.2) is 41.1 Å². The van der Waals surface area contributed by atoms with Gasteiger partial charge in [0.15, 0.2) is 12.4 Å². The van der Waals surface area contributed by atoms with Crippen molar-refractivity contribution in [2.75, 3.05) is 25.1 Å². The third kappa shape index (κ3) is 5.45. The quantitative estimate of drug-likeness (QED) is 0.381. The number of nitrogens with one attached hydrogen (secondary N) is 1. The molecule has 1 N–H and O–H groups in total. The zero-order chi connectivity index (χ0) is 21.3. The molecule has 0 spiro atoms. The van der Waals surface area contributed by atoms with Crippen LogP contribution in [0.1, 0.15) is 37.0 Å². The second-order valence-electron chi connectivity index (χ2n) is 6.76. The fourth-order valence-electron chi connectivity index (χ4n) is 3.12. The highest BCUT2D eigenvalue weighted by Gasteiger charge is 2.13. The van der Waals surface area contributed by atoms with Crippen molar-refractivity contribution in [1.29, 1.82) is 0 Å². The number of rotatable bonds is 11. The van der Waals surface area contributed by atoms with Crippen LogP contribution in [-0.2, 0) is 16.1 Å². The number of hydrogen-bond acceptors (Lipinski definition) is 5. The number of nitrogens with zero attached hydrogens (tertiary/aromatic N) is 2. The van der Waals surface area contributed by atoms with Gasteiger partial charge < -0.3 is 14.0 Å². The zero-order valence-corrected chi connectivity index (χ0v) is 17.4. The highest BCUT2D eigenvalue weighted by molar-refractivity contribution is 5.96. The molecule has 30 heavy (non-hydrogen) atoms. The molecule has 0 saturated carbocycles. The van der Waals surface area contributed by atoms with E-state index in [2.05, 4.69) is 10.3 Å². The first-order chi connectivity index (χ1) is 14.6. The SMILES string of the molecule is CCOCCCn1c(NC(=O)COc2ccc(C(=O)CC)cc2)nc2ccccc21. The van der Waals surface area contributed by atoms with E-state index in [1.54, 1.807) is 24.3 Å². The predicted octanol–water partition coefficient (Wildman–Crippen LogP) is 4.07. The minimum atomic E-state index is -0.301. The van der Waals surface area contributed by atoms with Crippen LogP contribution in [0.3, 0.4) is 0 Å². The molecule has 3 aromatic rings. The molecule has 7 heteroatoms. The summed E-state index contributed by atoms with van der Waals surface area (Å²) in [5.41, 5.74) is 2.41. The normalized spacial score (nSPS) is 10.9. The van der Waals surface area contributed by atoms with Gasteiger partial charge in [-0.1, -0.05) is 19.1 Å². The van der Waals surface area contributed by atoms with Gasteiger partial charge in [-0.25, -0.2) is 4.98 Å². The standard InChI is InChI=1S/C23H27N3O4/c1-3-21(27)17-10-12-18(13-11-17)30-16-22(28)25-23-24-19-8-5-6-9-20(19)26(23)14-7-15-29-4-2/h5-6,8-13H,3-4,7,14-16H2,1-2H3,(H,24,25,28). The molecule has 0 aliphatic carbocycles. The van der Waals surface area contributed by atoms with Crippen LogP contribution in [0, 0.1) is 0 Å². The molecular weight excluding hydrogens is 382 g/mol. The van der Waals surface area contributed by atoms with Crippen molar-refractivity contribution in [2.24, 2.45) is 0 Å². The van der Waals surface area contributed by atoms with Gasteiger partial charge in [0.1, 0.15) is 5.75 Å². The van der Waals surface area contributed by atoms with Gasteiger partial charge in [-0.3, -0.25) is 14.9 Å². The summed E-state index contributed by atoms with van der Waals surface area (Å²) in [6, 6.07) is 14.6. The summed E-state index contributed by atoms with van der Waals surface area (Å²) in [5.74, 6) is 0.792. The molecule has 0 saturated heterocycles. The lowest BCUT2D eigenvalue weighted by atomic mass is 10.1. The molecule has 0 atom stereocenters. The number of ketones is 1. The van der Waals surface area contributed by atoms with E-state index in [0.29, 0.717) is 43.4 Å². The number of aromatic nitrogens is 2. The number of ether oxygens (including phenoxy) is 2. The van der Waals surface area contributed by atoms with E-state index in [9.17, 15) is 9.59 Å². The van der Waals surface area contributed by atoms with E-state index in [0.717, 1.165) is 17.5 Å². The molecule has 1 heterocycles. The first-order valence-corrected chi connectivity index (χ1v) is 10.2. The predicted molar refractivity (Wildman–Crippen MR) is 116 cm³/mol. The number of fused-ring (bicyclic) bond motifs is 1. The van der Waals surface area contributed by atoms with Crippen LogP contribution < -0.4 is 10.1 Å². The van der Waals surface area contributed by atoms with E-state index in [1.807, 2.05) is 42.7 Å². The second kappa shape index (κ2) is 10.5. The molecule has 0 aliphatic rings. The van der Waals surface area contributed by atoms with Gasteiger partial charge in [0, 0.05) is 31.7 Å². The third-order valence-electron chi connectivity index (χ3n) is 4.65. The summed E-state index contributed by atoms with van der Waals surface area (Å²) in [6.45, 7) is 5.65. The van der Waals surface area contributed by atoms with E-state index in [1.165, 1.54) is 0 Å². The van der Waals surface area contributed by atoms with E-state index >= 15 is 0 Å². The van der Waals surface area contributed by atoms with Crippen molar-refractivity contribution in [3.8, 4) is 5.75 Å². The summed E-state index contributed by atoms with van der Waals surface area (Å²) < 4.78 is 13.0. The maximum Gasteiger partial charge on any atom is 0.264 e. The maximum absolute atomic E-state index is 12.4. The lowest BCUT2D eigenvalue weighted by Gasteiger charge is -2.11. The number of benzene rings is 2. The highest BCUT2D eigenvalue weighted by atomic mass is 16.5. The molecule has 3 rings (SSSR count). The van der Waals surface area contributed by atoms with E-state index in [-0.39, 0.29) is 18.3 Å². The highest BCUT2D eigenvalue weighted by Crippen LogP contribution is 2.20. The minimum Gasteiger partial charge on any atom is -0.484 e. The summed E-state index contributed by atoms with van der Waals surface area (Å²) in [6.07, 6.45) is 1.27. The Hall–Kier alpha value is -3.19. The fourth-order valence-corrected chi connectivity index (χ4v) is 3.12. The van der Waals surface area contributed by atoms with Gasteiger partial charge >= 0.3 is 0 Å². The van der Waals surface area contributed by atoms with Gasteiger partial charge in [0.05, 0.1) is 11.0 Å². The number of imidazole rings is 1. The Labute approximate surface area is 176 Å². The van der Waals surface area contributed by atoms with E-state index in [4.69, 9.17) is 9.47 Å². The van der Waals surface area contributed by atoms with Crippen molar-refractivity contribution < 1.29 is 19.1 Å². The number of carbonyl (C=O) groups excluding carboxylic acids is 2. The van der Waals surface area contributed by atoms with Gasteiger partial charge in [0.25, 0.3) is 5.91 Å². The van der Waals surface area contributed by atoms with Crippen LogP contribution in [0.2, 0.25) is 0 Å². The number of aryl methyl sites for hydroxylation is 1. The van der Waals surface area contributed by atoms with E-state index < -0.39 is 0 Å². The summed E-state index contributed by atoms with van der Waals surface area (Å²) in [7, 11) is 0. The molecule has 0 fully saturated rings. The lowest BCUT2D eigenvalue weighted by Crippen LogP contribution is -2.22. The average molecular weight is 409 g/mol. The van der Waals surface area contributed by atoms with Crippen molar-refractivity contribution in [1.82, 2.24) is 9.55 Å². The average Bonchev–Trinajstić information content (AvgIpc) is 3.12. The Morgan fingerprint density at radius 2 is 1.83 bits per heavy atom. The van der Waals surface area contributed by atoms with Crippen LogP contribution in [0.4, 0.5) is 5.95 Å². The summed E-state index contributed by atoms with van der Waals surface area (Å²) >= 11 is 0. The van der Waals surface area contributed by atoms with Crippen LogP contribution in [0.5, 0.6) is 5.75 Å². The van der Waals surface area contributed by atoms with Crippen molar-refractivity contribution in [3.05, 3.63) is 54.1 Å². The molecule has 158 valence electrons.